The molecule has 0 unspecified atom stereocenters. The van der Waals surface area contributed by atoms with Gasteiger partial charge in [0.05, 0.1) is 6.54 Å². The number of ether oxygens (including phenoxy) is 1. The highest BCUT2D eigenvalue weighted by Gasteiger charge is 2.42. The second kappa shape index (κ2) is 7.21. The SMILES string of the molecule is COCCC1(CNC(=O)c2ccc(C#CCN)cn2)CC1. The zero-order valence-electron chi connectivity index (χ0n) is 12.3. The number of carbonyl (C=O) groups is 1. The molecule has 0 atom stereocenters. The van der Waals surface area contributed by atoms with E-state index in [4.69, 9.17) is 10.5 Å². The van der Waals surface area contributed by atoms with Crippen LogP contribution in [0.3, 0.4) is 0 Å². The van der Waals surface area contributed by atoms with Gasteiger partial charge in [-0.25, -0.2) is 4.98 Å². The van der Waals surface area contributed by atoms with E-state index in [-0.39, 0.29) is 11.3 Å². The van der Waals surface area contributed by atoms with Crippen molar-refractivity contribution in [3.63, 3.8) is 0 Å². The van der Waals surface area contributed by atoms with Crippen molar-refractivity contribution in [3.8, 4) is 11.8 Å². The van der Waals surface area contributed by atoms with E-state index in [0.29, 0.717) is 18.8 Å². The second-order valence-corrected chi connectivity index (χ2v) is 5.36. The maximum absolute atomic E-state index is 12.1. The van der Waals surface area contributed by atoms with Crippen LogP contribution in [-0.4, -0.2) is 37.7 Å². The number of nitrogens with zero attached hydrogens (tertiary/aromatic N) is 1. The molecule has 5 nitrogen and oxygen atoms in total. The third kappa shape index (κ3) is 4.55. The highest BCUT2D eigenvalue weighted by molar-refractivity contribution is 5.92. The summed E-state index contributed by atoms with van der Waals surface area (Å²) >= 11 is 0. The van der Waals surface area contributed by atoms with Crippen LogP contribution in [0.1, 0.15) is 35.3 Å². The molecule has 0 spiro atoms. The summed E-state index contributed by atoms with van der Waals surface area (Å²) in [5, 5.41) is 2.96. The van der Waals surface area contributed by atoms with Crippen molar-refractivity contribution >= 4 is 5.91 Å². The van der Waals surface area contributed by atoms with E-state index in [1.165, 1.54) is 0 Å². The van der Waals surface area contributed by atoms with E-state index >= 15 is 0 Å². The lowest BCUT2D eigenvalue weighted by Gasteiger charge is -2.15. The van der Waals surface area contributed by atoms with E-state index in [0.717, 1.165) is 31.4 Å². The van der Waals surface area contributed by atoms with E-state index in [2.05, 4.69) is 22.1 Å². The fourth-order valence-corrected chi connectivity index (χ4v) is 2.12. The van der Waals surface area contributed by atoms with Crippen molar-refractivity contribution in [1.82, 2.24) is 10.3 Å². The molecule has 112 valence electrons. The fraction of sp³-hybridized carbons (Fsp3) is 0.500. The minimum atomic E-state index is -0.142. The van der Waals surface area contributed by atoms with Gasteiger partial charge in [-0.2, -0.15) is 0 Å². The zero-order chi connectivity index (χ0) is 15.1. The Kier molecular flexibility index (Phi) is 5.32. The first-order valence-corrected chi connectivity index (χ1v) is 7.11. The Morgan fingerprint density at radius 1 is 1.52 bits per heavy atom. The van der Waals surface area contributed by atoms with E-state index < -0.39 is 0 Å². The second-order valence-electron chi connectivity index (χ2n) is 5.36. The number of pyridine rings is 1. The predicted molar refractivity (Wildman–Crippen MR) is 80.7 cm³/mol. The molecule has 0 aliphatic heterocycles. The Labute approximate surface area is 125 Å². The molecular formula is C16H21N3O2. The summed E-state index contributed by atoms with van der Waals surface area (Å²) in [4.78, 5) is 16.2. The van der Waals surface area contributed by atoms with Crippen LogP contribution < -0.4 is 11.1 Å². The number of amides is 1. The molecule has 3 N–H and O–H groups in total. The number of hydrogen-bond donors (Lipinski definition) is 2. The molecule has 2 rings (SSSR count). The van der Waals surface area contributed by atoms with Crippen LogP contribution in [0.4, 0.5) is 0 Å². The van der Waals surface area contributed by atoms with Crippen LogP contribution in [0.5, 0.6) is 0 Å². The Hall–Kier alpha value is -1.90. The third-order valence-corrected chi connectivity index (χ3v) is 3.75. The lowest BCUT2D eigenvalue weighted by molar-refractivity contribution is 0.0933. The Bertz CT molecular complexity index is 539. The number of hydrogen-bond acceptors (Lipinski definition) is 4. The van der Waals surface area contributed by atoms with Gasteiger partial charge in [-0.1, -0.05) is 11.8 Å². The molecule has 21 heavy (non-hydrogen) atoms. The lowest BCUT2D eigenvalue weighted by Crippen LogP contribution is -2.31. The maximum atomic E-state index is 12.1. The van der Waals surface area contributed by atoms with Gasteiger partial charge in [0.1, 0.15) is 5.69 Å². The summed E-state index contributed by atoms with van der Waals surface area (Å²) in [6, 6.07) is 3.47. The van der Waals surface area contributed by atoms with Crippen molar-refractivity contribution in [3.05, 3.63) is 29.6 Å². The van der Waals surface area contributed by atoms with Gasteiger partial charge in [0.2, 0.25) is 0 Å². The van der Waals surface area contributed by atoms with Gasteiger partial charge in [-0.15, -0.1) is 0 Å². The average Bonchev–Trinajstić information content (AvgIpc) is 3.29. The van der Waals surface area contributed by atoms with Crippen molar-refractivity contribution < 1.29 is 9.53 Å². The van der Waals surface area contributed by atoms with Crippen LogP contribution in [-0.2, 0) is 4.74 Å². The normalized spacial score (nSPS) is 15.0. The summed E-state index contributed by atoms with van der Waals surface area (Å²) in [5.41, 5.74) is 6.72. The van der Waals surface area contributed by atoms with Crippen molar-refractivity contribution in [2.75, 3.05) is 26.8 Å². The summed E-state index contributed by atoms with van der Waals surface area (Å²) in [6.45, 7) is 1.74. The van der Waals surface area contributed by atoms with Crippen LogP contribution >= 0.6 is 0 Å². The standard InChI is InChI=1S/C16H21N3O2/c1-21-10-8-16(6-7-16)12-19-15(20)14-5-4-13(11-18-14)3-2-9-17/h4-5,11H,6-10,12,17H2,1H3,(H,19,20). The molecule has 0 radical (unpaired) electrons. The average molecular weight is 287 g/mol. The van der Waals surface area contributed by atoms with Gasteiger partial charge in [-0.05, 0) is 36.8 Å². The van der Waals surface area contributed by atoms with Crippen molar-refractivity contribution in [2.45, 2.75) is 19.3 Å². The summed E-state index contributed by atoms with van der Waals surface area (Å²) < 4.78 is 5.11. The monoisotopic (exact) mass is 287 g/mol. The number of methoxy groups -OCH3 is 1. The maximum Gasteiger partial charge on any atom is 0.269 e. The smallest absolute Gasteiger partial charge is 0.269 e. The number of aromatic nitrogens is 1. The molecule has 0 aromatic carbocycles. The van der Waals surface area contributed by atoms with E-state index in [1.807, 2.05) is 0 Å². The molecule has 1 amide bonds. The molecule has 1 saturated carbocycles. The fourth-order valence-electron chi connectivity index (χ4n) is 2.12. The topological polar surface area (TPSA) is 77.2 Å². The number of rotatable bonds is 6. The molecule has 1 aromatic heterocycles. The zero-order valence-corrected chi connectivity index (χ0v) is 12.3. The molecule has 1 aliphatic carbocycles. The molecule has 5 heteroatoms. The summed E-state index contributed by atoms with van der Waals surface area (Å²) in [5.74, 6) is 5.49. The number of nitrogens with one attached hydrogen (secondary N) is 1. The van der Waals surface area contributed by atoms with Gasteiger partial charge in [0, 0.05) is 32.0 Å². The quantitative estimate of drug-likeness (QED) is 0.763. The van der Waals surface area contributed by atoms with Gasteiger partial charge < -0.3 is 15.8 Å². The minimum absolute atomic E-state index is 0.142. The molecule has 1 aromatic rings. The summed E-state index contributed by atoms with van der Waals surface area (Å²) in [6.07, 6.45) is 4.88. The lowest BCUT2D eigenvalue weighted by atomic mass is 10.0. The number of carbonyl (C=O) groups excluding carboxylic acids is 1. The molecule has 0 bridgehead atoms. The van der Waals surface area contributed by atoms with Crippen LogP contribution in [0.25, 0.3) is 0 Å². The molecule has 1 fully saturated rings. The minimum Gasteiger partial charge on any atom is -0.385 e. The molecule has 1 heterocycles. The first-order chi connectivity index (χ1) is 10.2. The molecule has 1 aliphatic rings. The largest absolute Gasteiger partial charge is 0.385 e. The molecule has 0 saturated heterocycles. The Morgan fingerprint density at radius 3 is 2.90 bits per heavy atom. The predicted octanol–water partition coefficient (Wildman–Crippen LogP) is 0.938. The number of nitrogens with two attached hydrogens (primary N) is 1. The summed E-state index contributed by atoms with van der Waals surface area (Å²) in [7, 11) is 1.70. The van der Waals surface area contributed by atoms with Gasteiger partial charge >= 0.3 is 0 Å². The first-order valence-electron chi connectivity index (χ1n) is 7.11. The van der Waals surface area contributed by atoms with Crippen LogP contribution in [0.15, 0.2) is 18.3 Å². The van der Waals surface area contributed by atoms with Crippen molar-refractivity contribution in [2.24, 2.45) is 11.1 Å². The first kappa shape index (κ1) is 15.5. The highest BCUT2D eigenvalue weighted by atomic mass is 16.5. The van der Waals surface area contributed by atoms with E-state index in [9.17, 15) is 4.79 Å². The van der Waals surface area contributed by atoms with Crippen LogP contribution in [0.2, 0.25) is 0 Å². The third-order valence-electron chi connectivity index (χ3n) is 3.75. The Balaban J connectivity index is 1.86. The van der Waals surface area contributed by atoms with Gasteiger partial charge in [0.25, 0.3) is 5.91 Å². The van der Waals surface area contributed by atoms with Gasteiger partial charge in [0.15, 0.2) is 0 Å². The van der Waals surface area contributed by atoms with Crippen LogP contribution in [0, 0.1) is 17.3 Å². The van der Waals surface area contributed by atoms with Gasteiger partial charge in [-0.3, -0.25) is 4.79 Å². The molecular weight excluding hydrogens is 266 g/mol. The Morgan fingerprint density at radius 2 is 2.33 bits per heavy atom. The van der Waals surface area contributed by atoms with E-state index in [1.54, 1.807) is 25.4 Å². The highest BCUT2D eigenvalue weighted by Crippen LogP contribution is 2.48. The van der Waals surface area contributed by atoms with Crippen molar-refractivity contribution in [1.29, 1.82) is 0 Å².